The van der Waals surface area contributed by atoms with Crippen LogP contribution in [-0.4, -0.2) is 24.3 Å². The summed E-state index contributed by atoms with van der Waals surface area (Å²) in [6.45, 7) is 7.68. The van der Waals surface area contributed by atoms with Crippen molar-refractivity contribution in [1.29, 1.82) is 0 Å². The zero-order valence-corrected chi connectivity index (χ0v) is 14.7. The van der Waals surface area contributed by atoms with Gasteiger partial charge in [-0.3, -0.25) is 0 Å². The highest BCUT2D eigenvalue weighted by Crippen LogP contribution is 2.33. The third kappa shape index (κ3) is 5.74. The Kier molecular flexibility index (Phi) is 5.80. The average Bonchev–Trinajstić information content (AvgIpc) is 3.28. The molecule has 1 aliphatic rings. The molecule has 2 atom stereocenters. The SMILES string of the molecule is CC(NCC(NC(=O)OC(C)(C)C)C1CC1)c1cc(F)ccc1F. The van der Waals surface area contributed by atoms with Crippen molar-refractivity contribution in [1.82, 2.24) is 10.6 Å². The molecule has 1 saturated carbocycles. The molecule has 0 aromatic heterocycles. The van der Waals surface area contributed by atoms with Gasteiger partial charge in [-0.1, -0.05) is 0 Å². The van der Waals surface area contributed by atoms with Gasteiger partial charge in [0.2, 0.25) is 0 Å². The predicted octanol–water partition coefficient (Wildman–Crippen LogP) is 3.92. The van der Waals surface area contributed by atoms with E-state index in [1.54, 1.807) is 6.92 Å². The minimum absolute atomic E-state index is 0.0843. The molecule has 0 aliphatic heterocycles. The number of halogens is 2. The molecule has 0 radical (unpaired) electrons. The van der Waals surface area contributed by atoms with Crippen molar-refractivity contribution in [3.05, 3.63) is 35.4 Å². The van der Waals surface area contributed by atoms with E-state index in [1.807, 2.05) is 20.8 Å². The molecule has 1 amide bonds. The van der Waals surface area contributed by atoms with E-state index in [2.05, 4.69) is 10.6 Å². The summed E-state index contributed by atoms with van der Waals surface area (Å²) in [7, 11) is 0. The molecule has 0 heterocycles. The minimum atomic E-state index is -0.552. The van der Waals surface area contributed by atoms with Crippen molar-refractivity contribution in [2.75, 3.05) is 6.54 Å². The van der Waals surface area contributed by atoms with Crippen LogP contribution in [0, 0.1) is 17.6 Å². The summed E-state index contributed by atoms with van der Waals surface area (Å²) in [6.07, 6.45) is 1.64. The monoisotopic (exact) mass is 340 g/mol. The fourth-order valence-electron chi connectivity index (χ4n) is 2.55. The molecule has 4 nitrogen and oxygen atoms in total. The molecule has 1 aromatic rings. The van der Waals surface area contributed by atoms with Crippen molar-refractivity contribution >= 4 is 6.09 Å². The molecule has 24 heavy (non-hydrogen) atoms. The Morgan fingerprint density at radius 1 is 1.33 bits per heavy atom. The first-order valence-electron chi connectivity index (χ1n) is 8.33. The average molecular weight is 340 g/mol. The second-order valence-corrected chi connectivity index (χ2v) is 7.39. The van der Waals surface area contributed by atoms with E-state index in [0.717, 1.165) is 25.0 Å². The summed E-state index contributed by atoms with van der Waals surface area (Å²) in [5, 5.41) is 6.06. The Hall–Kier alpha value is -1.69. The van der Waals surface area contributed by atoms with Crippen LogP contribution < -0.4 is 10.6 Å². The maximum absolute atomic E-state index is 13.8. The lowest BCUT2D eigenvalue weighted by atomic mass is 10.1. The predicted molar refractivity (Wildman–Crippen MR) is 88.7 cm³/mol. The van der Waals surface area contributed by atoms with Gasteiger partial charge in [0.15, 0.2) is 0 Å². The molecule has 6 heteroatoms. The van der Waals surface area contributed by atoms with E-state index in [4.69, 9.17) is 4.74 Å². The molecule has 1 fully saturated rings. The largest absolute Gasteiger partial charge is 0.444 e. The lowest BCUT2D eigenvalue weighted by Crippen LogP contribution is -2.46. The van der Waals surface area contributed by atoms with Crippen LogP contribution in [0.1, 0.15) is 52.1 Å². The van der Waals surface area contributed by atoms with Gasteiger partial charge >= 0.3 is 6.09 Å². The van der Waals surface area contributed by atoms with Crippen LogP contribution in [0.5, 0.6) is 0 Å². The zero-order valence-electron chi connectivity index (χ0n) is 14.7. The molecule has 0 saturated heterocycles. The molecule has 134 valence electrons. The Morgan fingerprint density at radius 2 is 2.00 bits per heavy atom. The molecule has 2 N–H and O–H groups in total. The Bertz CT molecular complexity index is 583. The second-order valence-electron chi connectivity index (χ2n) is 7.39. The Labute approximate surface area is 142 Å². The molecule has 2 rings (SSSR count). The third-order valence-corrected chi connectivity index (χ3v) is 3.96. The Balaban J connectivity index is 1.91. The van der Waals surface area contributed by atoms with E-state index in [1.165, 1.54) is 6.07 Å². The minimum Gasteiger partial charge on any atom is -0.444 e. The molecule has 1 aromatic carbocycles. The third-order valence-electron chi connectivity index (χ3n) is 3.96. The van der Waals surface area contributed by atoms with E-state index < -0.39 is 23.3 Å². The van der Waals surface area contributed by atoms with Gasteiger partial charge < -0.3 is 15.4 Å². The van der Waals surface area contributed by atoms with E-state index in [-0.39, 0.29) is 17.6 Å². The van der Waals surface area contributed by atoms with Crippen LogP contribution in [-0.2, 0) is 4.74 Å². The van der Waals surface area contributed by atoms with Gasteiger partial charge in [-0.05, 0) is 64.7 Å². The highest BCUT2D eigenvalue weighted by Gasteiger charge is 2.33. The van der Waals surface area contributed by atoms with Crippen molar-refractivity contribution in [3.8, 4) is 0 Å². The van der Waals surface area contributed by atoms with Crippen LogP contribution >= 0.6 is 0 Å². The van der Waals surface area contributed by atoms with E-state index >= 15 is 0 Å². The lowest BCUT2D eigenvalue weighted by Gasteiger charge is -2.25. The summed E-state index contributed by atoms with van der Waals surface area (Å²) in [5.41, 5.74) is -0.273. The molecule has 0 bridgehead atoms. The number of amides is 1. The molecular weight excluding hydrogens is 314 g/mol. The van der Waals surface area contributed by atoms with Crippen LogP contribution in [0.15, 0.2) is 18.2 Å². The van der Waals surface area contributed by atoms with Crippen LogP contribution in [0.4, 0.5) is 13.6 Å². The fourth-order valence-corrected chi connectivity index (χ4v) is 2.55. The number of carbonyl (C=O) groups excluding carboxylic acids is 1. The topological polar surface area (TPSA) is 50.4 Å². The summed E-state index contributed by atoms with van der Waals surface area (Å²) >= 11 is 0. The van der Waals surface area contributed by atoms with Crippen molar-refractivity contribution in [2.24, 2.45) is 5.92 Å². The summed E-state index contributed by atoms with van der Waals surface area (Å²) in [4.78, 5) is 11.9. The highest BCUT2D eigenvalue weighted by atomic mass is 19.1. The first-order valence-corrected chi connectivity index (χ1v) is 8.33. The summed E-state index contributed by atoms with van der Waals surface area (Å²) < 4.78 is 32.4. The van der Waals surface area contributed by atoms with Gasteiger partial charge in [0.25, 0.3) is 0 Å². The van der Waals surface area contributed by atoms with Crippen LogP contribution in [0.2, 0.25) is 0 Å². The maximum atomic E-state index is 13.8. The molecule has 1 aliphatic carbocycles. The van der Waals surface area contributed by atoms with E-state index in [0.29, 0.717) is 12.5 Å². The van der Waals surface area contributed by atoms with Gasteiger partial charge in [-0.25, -0.2) is 13.6 Å². The quantitative estimate of drug-likeness (QED) is 0.825. The number of benzene rings is 1. The number of alkyl carbamates (subject to hydrolysis) is 1. The first kappa shape index (κ1) is 18.6. The summed E-state index contributed by atoms with van der Waals surface area (Å²) in [5.74, 6) is -0.514. The number of ether oxygens (including phenoxy) is 1. The fraction of sp³-hybridized carbons (Fsp3) is 0.611. The van der Waals surface area contributed by atoms with Crippen LogP contribution in [0.25, 0.3) is 0 Å². The normalized spacial score (nSPS) is 17.2. The number of rotatable bonds is 6. The standard InChI is InChI=1S/C18H26F2N2O2/c1-11(14-9-13(19)7-8-15(14)20)21-10-16(12-5-6-12)22-17(23)24-18(2,3)4/h7-9,11-12,16,21H,5-6,10H2,1-4H3,(H,22,23). The molecule has 2 unspecified atom stereocenters. The van der Waals surface area contributed by atoms with Crippen molar-refractivity contribution < 1.29 is 18.3 Å². The Morgan fingerprint density at radius 3 is 2.58 bits per heavy atom. The number of carbonyl (C=O) groups is 1. The van der Waals surface area contributed by atoms with Gasteiger partial charge in [0.1, 0.15) is 17.2 Å². The van der Waals surface area contributed by atoms with Crippen molar-refractivity contribution in [2.45, 2.75) is 58.2 Å². The zero-order chi connectivity index (χ0) is 17.9. The maximum Gasteiger partial charge on any atom is 0.407 e. The lowest BCUT2D eigenvalue weighted by molar-refractivity contribution is 0.0496. The molecule has 0 spiro atoms. The second kappa shape index (κ2) is 7.47. The van der Waals surface area contributed by atoms with Gasteiger partial charge in [-0.2, -0.15) is 0 Å². The molecular formula is C18H26F2N2O2. The number of hydrogen-bond donors (Lipinski definition) is 2. The van der Waals surface area contributed by atoms with E-state index in [9.17, 15) is 13.6 Å². The van der Waals surface area contributed by atoms with Gasteiger partial charge in [0, 0.05) is 24.2 Å². The van der Waals surface area contributed by atoms with Crippen LogP contribution in [0.3, 0.4) is 0 Å². The summed E-state index contributed by atoms with van der Waals surface area (Å²) in [6, 6.07) is 2.98. The smallest absolute Gasteiger partial charge is 0.407 e. The van der Waals surface area contributed by atoms with Gasteiger partial charge in [0.05, 0.1) is 0 Å². The first-order chi connectivity index (χ1) is 11.2. The highest BCUT2D eigenvalue weighted by molar-refractivity contribution is 5.68. The number of nitrogens with one attached hydrogen (secondary N) is 2. The number of hydrogen-bond acceptors (Lipinski definition) is 3. The van der Waals surface area contributed by atoms with Gasteiger partial charge in [-0.15, -0.1) is 0 Å². The van der Waals surface area contributed by atoms with Crippen molar-refractivity contribution in [3.63, 3.8) is 0 Å².